The molecule has 3 N–H and O–H groups in total. The highest BCUT2D eigenvalue weighted by atomic mass is 79.9. The lowest BCUT2D eigenvalue weighted by atomic mass is 10.2. The number of carbonyl (C=O) groups excluding carboxylic acids is 1. The van der Waals surface area contributed by atoms with Gasteiger partial charge >= 0.3 is 12.0 Å². The number of carboxylic acids is 1. The van der Waals surface area contributed by atoms with Crippen molar-refractivity contribution >= 4 is 33.6 Å². The van der Waals surface area contributed by atoms with Crippen LogP contribution in [0.3, 0.4) is 0 Å². The first-order valence-corrected chi connectivity index (χ1v) is 5.86. The quantitative estimate of drug-likeness (QED) is 0.801. The Morgan fingerprint density at radius 3 is 2.61 bits per heavy atom. The third kappa shape index (κ3) is 3.69. The summed E-state index contributed by atoms with van der Waals surface area (Å²) in [6.45, 7) is 3.03. The number of amides is 2. The van der Waals surface area contributed by atoms with E-state index >= 15 is 0 Å². The second-order valence-corrected chi connectivity index (χ2v) is 4.59. The Kier molecular flexibility index (Phi) is 4.66. The minimum atomic E-state index is -1.15. The van der Waals surface area contributed by atoms with Gasteiger partial charge in [-0.05, 0) is 47.5 Å². The molecule has 0 unspecified atom stereocenters. The molecule has 0 fully saturated rings. The average Bonchev–Trinajstić information content (AvgIpc) is 2.25. The van der Waals surface area contributed by atoms with Gasteiger partial charge in [-0.2, -0.15) is 0 Å². The van der Waals surface area contributed by atoms with Gasteiger partial charge in [0.25, 0.3) is 0 Å². The molecule has 0 spiro atoms. The van der Waals surface area contributed by atoms with Gasteiger partial charge in [0.15, 0.2) is 0 Å². The van der Waals surface area contributed by atoms with Crippen molar-refractivity contribution in [3.8, 4) is 0 Å². The number of carboxylic acid groups (broad SMARTS) is 1. The Bertz CT molecular complexity index is 493. The largest absolute Gasteiger partial charge is 0.480 e. The Hall–Kier alpha value is -1.63. The molecule has 0 aromatic heterocycles. The standard InChI is InChI=1S/C11H12BrFN2O3/c1-5-3-7(12)8(13)4-9(5)15-11(18)14-6(2)10(16)17/h3-4,6H,1-2H3,(H,16,17)(H2,14,15,18)/t6-/m1/s1. The summed E-state index contributed by atoms with van der Waals surface area (Å²) in [5.74, 6) is -1.66. The predicted octanol–water partition coefficient (Wildman–Crippen LogP) is 2.49. The van der Waals surface area contributed by atoms with Gasteiger partial charge < -0.3 is 15.7 Å². The van der Waals surface area contributed by atoms with Crippen molar-refractivity contribution < 1.29 is 19.1 Å². The van der Waals surface area contributed by atoms with Crippen LogP contribution in [0.15, 0.2) is 16.6 Å². The average molecular weight is 319 g/mol. The first-order valence-electron chi connectivity index (χ1n) is 5.07. The number of anilines is 1. The van der Waals surface area contributed by atoms with Gasteiger partial charge in [-0.25, -0.2) is 9.18 Å². The van der Waals surface area contributed by atoms with Crippen LogP contribution in [0.1, 0.15) is 12.5 Å². The number of hydrogen-bond donors (Lipinski definition) is 3. The number of carbonyl (C=O) groups is 2. The molecule has 0 bridgehead atoms. The Morgan fingerprint density at radius 2 is 2.06 bits per heavy atom. The molecule has 98 valence electrons. The molecule has 0 aliphatic rings. The van der Waals surface area contributed by atoms with Crippen LogP contribution in [0.5, 0.6) is 0 Å². The highest BCUT2D eigenvalue weighted by molar-refractivity contribution is 9.10. The highest BCUT2D eigenvalue weighted by Gasteiger charge is 2.15. The minimum absolute atomic E-state index is 0.283. The summed E-state index contributed by atoms with van der Waals surface area (Å²) >= 11 is 3.02. The van der Waals surface area contributed by atoms with E-state index < -0.39 is 23.9 Å². The molecule has 0 aliphatic carbocycles. The second-order valence-electron chi connectivity index (χ2n) is 3.74. The van der Waals surface area contributed by atoms with Crippen LogP contribution in [-0.4, -0.2) is 23.1 Å². The lowest BCUT2D eigenvalue weighted by molar-refractivity contribution is -0.138. The molecule has 18 heavy (non-hydrogen) atoms. The van der Waals surface area contributed by atoms with Crippen LogP contribution in [0.2, 0.25) is 0 Å². The summed E-state index contributed by atoms with van der Waals surface area (Å²) < 4.78 is 13.6. The molecular formula is C11H12BrFN2O3. The first kappa shape index (κ1) is 14.4. The van der Waals surface area contributed by atoms with Crippen LogP contribution in [0, 0.1) is 12.7 Å². The monoisotopic (exact) mass is 318 g/mol. The second kappa shape index (κ2) is 5.81. The van der Waals surface area contributed by atoms with E-state index in [1.165, 1.54) is 13.0 Å². The summed E-state index contributed by atoms with van der Waals surface area (Å²) in [6, 6.07) is 0.955. The van der Waals surface area contributed by atoms with Crippen molar-refractivity contribution in [3.63, 3.8) is 0 Å². The van der Waals surface area contributed by atoms with Gasteiger partial charge in [0.2, 0.25) is 0 Å². The van der Waals surface area contributed by atoms with Gasteiger partial charge in [0.05, 0.1) is 4.47 Å². The summed E-state index contributed by atoms with van der Waals surface area (Å²) in [5, 5.41) is 13.2. The van der Waals surface area contributed by atoms with Crippen LogP contribution in [0.4, 0.5) is 14.9 Å². The van der Waals surface area contributed by atoms with E-state index in [-0.39, 0.29) is 5.69 Å². The number of rotatable bonds is 3. The van der Waals surface area contributed by atoms with Crippen LogP contribution < -0.4 is 10.6 Å². The minimum Gasteiger partial charge on any atom is -0.480 e. The molecule has 1 aromatic carbocycles. The zero-order chi connectivity index (χ0) is 13.9. The SMILES string of the molecule is Cc1cc(Br)c(F)cc1NC(=O)N[C@H](C)C(=O)O. The van der Waals surface area contributed by atoms with Gasteiger partial charge in [0.1, 0.15) is 11.9 Å². The molecule has 1 rings (SSSR count). The lowest BCUT2D eigenvalue weighted by Crippen LogP contribution is -2.40. The van der Waals surface area contributed by atoms with Crippen molar-refractivity contribution in [1.29, 1.82) is 0 Å². The maximum Gasteiger partial charge on any atom is 0.325 e. The first-order chi connectivity index (χ1) is 8.31. The maximum atomic E-state index is 13.3. The highest BCUT2D eigenvalue weighted by Crippen LogP contribution is 2.23. The maximum absolute atomic E-state index is 13.3. The Labute approximate surface area is 112 Å². The van der Waals surface area contributed by atoms with E-state index in [9.17, 15) is 14.0 Å². The van der Waals surface area contributed by atoms with Crippen LogP contribution in [-0.2, 0) is 4.79 Å². The molecule has 7 heteroatoms. The van der Waals surface area contributed by atoms with E-state index in [1.54, 1.807) is 6.92 Å². The fourth-order valence-corrected chi connectivity index (χ4v) is 1.66. The smallest absolute Gasteiger partial charge is 0.325 e. The number of aliphatic carboxylic acids is 1. The molecule has 0 aliphatic heterocycles. The number of benzene rings is 1. The molecule has 0 saturated carbocycles. The number of aryl methyl sites for hydroxylation is 1. The third-order valence-corrected chi connectivity index (χ3v) is 2.84. The molecule has 2 amide bonds. The molecule has 0 radical (unpaired) electrons. The van der Waals surface area contributed by atoms with Gasteiger partial charge in [0, 0.05) is 5.69 Å². The van der Waals surface area contributed by atoms with E-state index in [0.717, 1.165) is 6.07 Å². The zero-order valence-electron chi connectivity index (χ0n) is 9.75. The molecule has 1 aromatic rings. The summed E-state index contributed by atoms with van der Waals surface area (Å²) in [6.07, 6.45) is 0. The van der Waals surface area contributed by atoms with E-state index in [0.29, 0.717) is 10.0 Å². The fraction of sp³-hybridized carbons (Fsp3) is 0.273. The van der Waals surface area contributed by atoms with Crippen molar-refractivity contribution in [1.82, 2.24) is 5.32 Å². The molecular weight excluding hydrogens is 307 g/mol. The van der Waals surface area contributed by atoms with Crippen LogP contribution >= 0.6 is 15.9 Å². The van der Waals surface area contributed by atoms with Gasteiger partial charge in [-0.3, -0.25) is 4.79 Å². The molecule has 0 saturated heterocycles. The van der Waals surface area contributed by atoms with Crippen molar-refractivity contribution in [2.45, 2.75) is 19.9 Å². The number of hydrogen-bond acceptors (Lipinski definition) is 2. The van der Waals surface area contributed by atoms with Gasteiger partial charge in [-0.1, -0.05) is 0 Å². The summed E-state index contributed by atoms with van der Waals surface area (Å²) in [7, 11) is 0. The van der Waals surface area contributed by atoms with Crippen molar-refractivity contribution in [2.24, 2.45) is 0 Å². The summed E-state index contributed by atoms with van der Waals surface area (Å²) in [4.78, 5) is 22.0. The van der Waals surface area contributed by atoms with E-state index in [4.69, 9.17) is 5.11 Å². The number of nitrogens with one attached hydrogen (secondary N) is 2. The Morgan fingerprint density at radius 1 is 1.44 bits per heavy atom. The van der Waals surface area contributed by atoms with E-state index in [2.05, 4.69) is 26.6 Å². The zero-order valence-corrected chi connectivity index (χ0v) is 11.3. The molecule has 5 nitrogen and oxygen atoms in total. The number of halogens is 2. The normalized spacial score (nSPS) is 11.8. The Balaban J connectivity index is 2.76. The molecule has 0 heterocycles. The number of urea groups is 1. The molecule has 1 atom stereocenters. The fourth-order valence-electron chi connectivity index (χ4n) is 1.20. The summed E-state index contributed by atoms with van der Waals surface area (Å²) in [5.41, 5.74) is 0.937. The van der Waals surface area contributed by atoms with Gasteiger partial charge in [-0.15, -0.1) is 0 Å². The van der Waals surface area contributed by atoms with E-state index in [1.807, 2.05) is 0 Å². The van der Waals surface area contributed by atoms with Crippen molar-refractivity contribution in [2.75, 3.05) is 5.32 Å². The van der Waals surface area contributed by atoms with Crippen molar-refractivity contribution in [3.05, 3.63) is 28.0 Å². The predicted molar refractivity (Wildman–Crippen MR) is 68.1 cm³/mol. The lowest BCUT2D eigenvalue weighted by Gasteiger charge is -2.12. The topological polar surface area (TPSA) is 78.4 Å². The third-order valence-electron chi connectivity index (χ3n) is 2.23. The van der Waals surface area contributed by atoms with Crippen LogP contribution in [0.25, 0.3) is 0 Å².